The van der Waals surface area contributed by atoms with E-state index in [1.54, 1.807) is 0 Å². The molecule has 1 heterocycles. The number of pyridine rings is 1. The van der Waals surface area contributed by atoms with Crippen LogP contribution in [0.1, 0.15) is 10.4 Å². The van der Waals surface area contributed by atoms with Crippen molar-refractivity contribution in [3.8, 4) is 0 Å². The molecule has 0 bridgehead atoms. The van der Waals surface area contributed by atoms with Crippen LogP contribution in [-0.2, 0) is 0 Å². The van der Waals surface area contributed by atoms with Gasteiger partial charge in [-0.2, -0.15) is 0 Å². The van der Waals surface area contributed by atoms with Crippen molar-refractivity contribution >= 4 is 5.78 Å². The molecule has 1 aromatic heterocycles. The van der Waals surface area contributed by atoms with Gasteiger partial charge in [-0.15, -0.1) is 0 Å². The Balaban J connectivity index is 2.99. The van der Waals surface area contributed by atoms with Crippen molar-refractivity contribution in [1.29, 1.82) is 0 Å². The maximum atomic E-state index is 10.9. The second-order valence-corrected chi connectivity index (χ2v) is 2.07. The Labute approximate surface area is 63.0 Å². The Bertz CT molecular complexity index is 296. The van der Waals surface area contributed by atoms with Crippen LogP contribution in [-0.4, -0.2) is 17.3 Å². The monoisotopic (exact) mass is 152 g/mol. The van der Waals surface area contributed by atoms with Crippen LogP contribution >= 0.6 is 0 Å². The van der Waals surface area contributed by atoms with E-state index in [1.807, 2.05) is 0 Å². The number of ketones is 1. The quantitative estimate of drug-likeness (QED) is 0.562. The molecule has 0 fully saturated rings. The lowest BCUT2D eigenvalue weighted by atomic mass is 10.2. The summed E-state index contributed by atoms with van der Waals surface area (Å²) in [6.07, 6.45) is 1.36. The minimum Gasteiger partial charge on any atom is -0.328 e. The molecule has 3 N–H and O–H groups in total. The highest BCUT2D eigenvalue weighted by Crippen LogP contribution is 1.92. The summed E-state index contributed by atoms with van der Waals surface area (Å²) in [5.74, 6) is -0.179. The highest BCUT2D eigenvalue weighted by atomic mass is 16.1. The fraction of sp³-hybridized carbons (Fsp3) is 0.143. The molecule has 0 spiro atoms. The number of rotatable bonds is 2. The second-order valence-electron chi connectivity index (χ2n) is 2.07. The first-order chi connectivity index (χ1) is 5.24. The third-order valence-electron chi connectivity index (χ3n) is 1.29. The van der Waals surface area contributed by atoms with Gasteiger partial charge in [0.25, 0.3) is 0 Å². The summed E-state index contributed by atoms with van der Waals surface area (Å²) in [5.41, 5.74) is 5.31. The smallest absolute Gasteiger partial charge is 0.247 e. The summed E-state index contributed by atoms with van der Waals surface area (Å²) < 4.78 is 0. The van der Waals surface area contributed by atoms with Crippen molar-refractivity contribution in [1.82, 2.24) is 4.98 Å². The summed E-state index contributed by atoms with van der Waals surface area (Å²) in [4.78, 5) is 23.8. The van der Waals surface area contributed by atoms with Crippen molar-refractivity contribution in [2.24, 2.45) is 5.73 Å². The maximum Gasteiger partial charge on any atom is 0.247 e. The van der Waals surface area contributed by atoms with Gasteiger partial charge in [-0.25, -0.2) is 0 Å². The van der Waals surface area contributed by atoms with Crippen molar-refractivity contribution in [3.05, 3.63) is 34.2 Å². The molecule has 0 amide bonds. The first-order valence-corrected chi connectivity index (χ1v) is 3.16. The van der Waals surface area contributed by atoms with E-state index in [0.29, 0.717) is 5.56 Å². The predicted molar refractivity (Wildman–Crippen MR) is 40.4 cm³/mol. The van der Waals surface area contributed by atoms with E-state index >= 15 is 0 Å². The highest BCUT2D eigenvalue weighted by Gasteiger charge is 2.00. The standard InChI is InChI=1S/C7H8N2O2/c8-3-6(10)5-1-2-7(11)9-4-5/h1-2,4H,3,8H2,(H,9,11). The molecule has 0 aliphatic rings. The molecular formula is C7H8N2O2. The van der Waals surface area contributed by atoms with Gasteiger partial charge in [0.1, 0.15) is 0 Å². The summed E-state index contributed by atoms with van der Waals surface area (Å²) in [6.45, 7) is -0.0357. The number of aromatic amines is 1. The molecular weight excluding hydrogens is 144 g/mol. The van der Waals surface area contributed by atoms with Gasteiger partial charge in [0.2, 0.25) is 5.56 Å². The zero-order valence-corrected chi connectivity index (χ0v) is 5.83. The number of Topliss-reactive ketones (excluding diaryl/α,β-unsaturated/α-hetero) is 1. The topological polar surface area (TPSA) is 76.0 Å². The summed E-state index contributed by atoms with van der Waals surface area (Å²) >= 11 is 0. The largest absolute Gasteiger partial charge is 0.328 e. The number of H-pyrrole nitrogens is 1. The van der Waals surface area contributed by atoms with E-state index < -0.39 is 0 Å². The molecule has 0 radical (unpaired) electrons. The Kier molecular flexibility index (Phi) is 2.18. The van der Waals surface area contributed by atoms with Gasteiger partial charge in [-0.1, -0.05) is 0 Å². The fourth-order valence-corrected chi connectivity index (χ4v) is 0.702. The van der Waals surface area contributed by atoms with Gasteiger partial charge in [-0.3, -0.25) is 9.59 Å². The van der Waals surface area contributed by atoms with Crippen LogP contribution in [0.25, 0.3) is 0 Å². The number of nitrogens with one attached hydrogen (secondary N) is 1. The minimum absolute atomic E-state index is 0.0357. The molecule has 1 rings (SSSR count). The van der Waals surface area contributed by atoms with E-state index in [-0.39, 0.29) is 17.9 Å². The van der Waals surface area contributed by atoms with Gasteiger partial charge in [0, 0.05) is 17.8 Å². The Morgan fingerprint density at radius 1 is 1.55 bits per heavy atom. The molecule has 4 nitrogen and oxygen atoms in total. The van der Waals surface area contributed by atoms with Gasteiger partial charge < -0.3 is 10.7 Å². The first kappa shape index (κ1) is 7.68. The molecule has 0 atom stereocenters. The molecule has 1 aromatic rings. The van der Waals surface area contributed by atoms with Crippen LogP contribution in [0.2, 0.25) is 0 Å². The molecule has 0 unspecified atom stereocenters. The Morgan fingerprint density at radius 2 is 2.27 bits per heavy atom. The van der Waals surface area contributed by atoms with Crippen LogP contribution in [0.5, 0.6) is 0 Å². The first-order valence-electron chi connectivity index (χ1n) is 3.16. The SMILES string of the molecule is NCC(=O)c1ccc(=O)[nH]c1. The number of hydrogen-bond acceptors (Lipinski definition) is 3. The van der Waals surface area contributed by atoms with Gasteiger partial charge in [0.15, 0.2) is 5.78 Å². The normalized spacial score (nSPS) is 9.55. The zero-order chi connectivity index (χ0) is 8.27. The molecule has 0 aromatic carbocycles. The third kappa shape index (κ3) is 1.75. The van der Waals surface area contributed by atoms with Crippen LogP contribution in [0.3, 0.4) is 0 Å². The summed E-state index contributed by atoms with van der Waals surface area (Å²) in [6, 6.07) is 2.75. The van der Waals surface area contributed by atoms with E-state index in [9.17, 15) is 9.59 Å². The second kappa shape index (κ2) is 3.12. The average molecular weight is 152 g/mol. The molecule has 0 aliphatic heterocycles. The van der Waals surface area contributed by atoms with Crippen molar-refractivity contribution in [2.75, 3.05) is 6.54 Å². The van der Waals surface area contributed by atoms with Crippen LogP contribution in [0.4, 0.5) is 0 Å². The lowest BCUT2D eigenvalue weighted by Gasteiger charge is -1.93. The van der Waals surface area contributed by atoms with Gasteiger partial charge >= 0.3 is 0 Å². The Morgan fingerprint density at radius 3 is 2.73 bits per heavy atom. The number of nitrogens with two attached hydrogens (primary N) is 1. The molecule has 58 valence electrons. The summed E-state index contributed by atoms with van der Waals surface area (Å²) in [5, 5.41) is 0. The lowest BCUT2D eigenvalue weighted by molar-refractivity contribution is 0.100. The van der Waals surface area contributed by atoms with E-state index in [0.717, 1.165) is 0 Å². The van der Waals surface area contributed by atoms with Crippen molar-refractivity contribution < 1.29 is 4.79 Å². The van der Waals surface area contributed by atoms with Crippen molar-refractivity contribution in [2.45, 2.75) is 0 Å². The van der Waals surface area contributed by atoms with E-state index in [4.69, 9.17) is 5.73 Å². The average Bonchev–Trinajstić information content (AvgIpc) is 2.05. The highest BCUT2D eigenvalue weighted by molar-refractivity contribution is 5.97. The number of carbonyl (C=O) groups is 1. The van der Waals surface area contributed by atoms with E-state index in [1.165, 1.54) is 18.3 Å². The van der Waals surface area contributed by atoms with Gasteiger partial charge in [0.05, 0.1) is 6.54 Å². The Hall–Kier alpha value is -1.42. The number of aromatic nitrogens is 1. The fourth-order valence-electron chi connectivity index (χ4n) is 0.702. The molecule has 0 aliphatic carbocycles. The maximum absolute atomic E-state index is 10.9. The van der Waals surface area contributed by atoms with Crippen molar-refractivity contribution in [3.63, 3.8) is 0 Å². The molecule has 11 heavy (non-hydrogen) atoms. The van der Waals surface area contributed by atoms with Crippen LogP contribution in [0, 0.1) is 0 Å². The lowest BCUT2D eigenvalue weighted by Crippen LogP contribution is -2.15. The molecule has 0 saturated carbocycles. The minimum atomic E-state index is -0.224. The molecule has 0 saturated heterocycles. The number of carbonyl (C=O) groups excluding carboxylic acids is 1. The predicted octanol–water partition coefficient (Wildman–Crippen LogP) is -0.484. The molecule has 4 heteroatoms. The third-order valence-corrected chi connectivity index (χ3v) is 1.29. The number of hydrogen-bond donors (Lipinski definition) is 2. The van der Waals surface area contributed by atoms with Crippen LogP contribution in [0.15, 0.2) is 23.1 Å². The zero-order valence-electron chi connectivity index (χ0n) is 5.83. The van der Waals surface area contributed by atoms with Crippen LogP contribution < -0.4 is 11.3 Å². The van der Waals surface area contributed by atoms with E-state index in [2.05, 4.69) is 4.98 Å². The van der Waals surface area contributed by atoms with Gasteiger partial charge in [-0.05, 0) is 6.07 Å². The summed E-state index contributed by atoms with van der Waals surface area (Å²) in [7, 11) is 0.